The number of halogens is 2. The molecule has 1 rings (SSSR count). The van der Waals surface area contributed by atoms with Crippen molar-refractivity contribution in [3.8, 4) is 0 Å². The van der Waals surface area contributed by atoms with E-state index in [-0.39, 0.29) is 11.0 Å². The van der Waals surface area contributed by atoms with Crippen LogP contribution in [-0.2, 0) is 6.54 Å². The van der Waals surface area contributed by atoms with E-state index in [0.29, 0.717) is 6.54 Å². The summed E-state index contributed by atoms with van der Waals surface area (Å²) in [6.45, 7) is 7.91. The monoisotopic (exact) mass is 227 g/mol. The molecule has 16 heavy (non-hydrogen) atoms. The predicted octanol–water partition coefficient (Wildman–Crippen LogP) is 3.76. The highest BCUT2D eigenvalue weighted by Gasteiger charge is 2.10. The van der Waals surface area contributed by atoms with Gasteiger partial charge in [0.2, 0.25) is 0 Å². The molecule has 1 N–H and O–H groups in total. The Kier molecular flexibility index (Phi) is 4.42. The van der Waals surface area contributed by atoms with Crippen molar-refractivity contribution in [1.82, 2.24) is 5.32 Å². The summed E-state index contributed by atoms with van der Waals surface area (Å²) in [7, 11) is 0. The maximum atomic E-state index is 12.4. The lowest BCUT2D eigenvalue weighted by atomic mass is 9.97. The molecule has 0 aromatic heterocycles. The fraction of sp³-hybridized carbons (Fsp3) is 0.538. The highest BCUT2D eigenvalue weighted by Crippen LogP contribution is 2.19. The summed E-state index contributed by atoms with van der Waals surface area (Å²) in [5.41, 5.74) is 1.21. The smallest absolute Gasteiger partial charge is 0.263 e. The van der Waals surface area contributed by atoms with Gasteiger partial charge in [-0.2, -0.15) is 0 Å². The van der Waals surface area contributed by atoms with E-state index in [2.05, 4.69) is 26.1 Å². The SMILES string of the molecule is CC(C)(C)CNCc1cccc(C(F)F)c1. The lowest BCUT2D eigenvalue weighted by Crippen LogP contribution is -2.26. The molecule has 0 fully saturated rings. The molecule has 0 spiro atoms. The second kappa shape index (κ2) is 5.39. The first-order valence-corrected chi connectivity index (χ1v) is 5.46. The molecule has 3 heteroatoms. The molecule has 0 heterocycles. The van der Waals surface area contributed by atoms with Crippen molar-refractivity contribution < 1.29 is 8.78 Å². The fourth-order valence-electron chi connectivity index (χ4n) is 1.42. The van der Waals surface area contributed by atoms with E-state index in [0.717, 1.165) is 12.1 Å². The van der Waals surface area contributed by atoms with E-state index in [1.807, 2.05) is 6.07 Å². The maximum Gasteiger partial charge on any atom is 0.263 e. The third-order valence-electron chi connectivity index (χ3n) is 2.19. The van der Waals surface area contributed by atoms with Crippen molar-refractivity contribution in [3.63, 3.8) is 0 Å². The van der Waals surface area contributed by atoms with Crippen LogP contribution in [-0.4, -0.2) is 6.54 Å². The zero-order chi connectivity index (χ0) is 12.2. The van der Waals surface area contributed by atoms with Crippen molar-refractivity contribution in [1.29, 1.82) is 0 Å². The lowest BCUT2D eigenvalue weighted by molar-refractivity contribution is 0.151. The van der Waals surface area contributed by atoms with Gasteiger partial charge < -0.3 is 5.32 Å². The fourth-order valence-corrected chi connectivity index (χ4v) is 1.42. The number of alkyl halides is 2. The van der Waals surface area contributed by atoms with Crippen LogP contribution in [0.1, 0.15) is 38.3 Å². The van der Waals surface area contributed by atoms with Crippen LogP contribution >= 0.6 is 0 Å². The van der Waals surface area contributed by atoms with E-state index < -0.39 is 6.43 Å². The molecule has 0 unspecified atom stereocenters. The van der Waals surface area contributed by atoms with Gasteiger partial charge in [-0.1, -0.05) is 39.0 Å². The summed E-state index contributed by atoms with van der Waals surface area (Å²) in [5, 5.41) is 3.26. The number of hydrogen-bond acceptors (Lipinski definition) is 1. The average molecular weight is 227 g/mol. The third-order valence-corrected chi connectivity index (χ3v) is 2.19. The van der Waals surface area contributed by atoms with E-state index in [1.54, 1.807) is 12.1 Å². The van der Waals surface area contributed by atoms with Gasteiger partial charge in [0.25, 0.3) is 6.43 Å². The minimum atomic E-state index is -2.39. The second-order valence-corrected chi connectivity index (χ2v) is 5.21. The minimum Gasteiger partial charge on any atom is -0.312 e. The summed E-state index contributed by atoms with van der Waals surface area (Å²) in [4.78, 5) is 0. The van der Waals surface area contributed by atoms with Crippen LogP contribution in [0.15, 0.2) is 24.3 Å². The van der Waals surface area contributed by atoms with Crippen LogP contribution < -0.4 is 5.32 Å². The quantitative estimate of drug-likeness (QED) is 0.825. The molecule has 1 nitrogen and oxygen atoms in total. The molecular weight excluding hydrogens is 208 g/mol. The molecule has 90 valence electrons. The van der Waals surface area contributed by atoms with Gasteiger partial charge in [0.1, 0.15) is 0 Å². The first kappa shape index (κ1) is 13.1. The molecule has 1 aromatic rings. The summed E-state index contributed by atoms with van der Waals surface area (Å²) in [6, 6.07) is 6.55. The van der Waals surface area contributed by atoms with Crippen LogP contribution in [0.2, 0.25) is 0 Å². The van der Waals surface area contributed by atoms with Gasteiger partial charge in [-0.15, -0.1) is 0 Å². The zero-order valence-corrected chi connectivity index (χ0v) is 10.1. The number of rotatable bonds is 4. The van der Waals surface area contributed by atoms with Crippen molar-refractivity contribution in [2.24, 2.45) is 5.41 Å². The van der Waals surface area contributed by atoms with Gasteiger partial charge in [-0.3, -0.25) is 0 Å². The van der Waals surface area contributed by atoms with E-state index in [1.165, 1.54) is 6.07 Å². The molecule has 0 aliphatic carbocycles. The average Bonchev–Trinajstić information content (AvgIpc) is 2.16. The van der Waals surface area contributed by atoms with Crippen LogP contribution in [0.25, 0.3) is 0 Å². The molecular formula is C13H19F2N. The second-order valence-electron chi connectivity index (χ2n) is 5.21. The van der Waals surface area contributed by atoms with Gasteiger partial charge in [-0.25, -0.2) is 8.78 Å². The molecule has 0 atom stereocenters. The van der Waals surface area contributed by atoms with Crippen molar-refractivity contribution >= 4 is 0 Å². The summed E-state index contributed by atoms with van der Waals surface area (Å²) in [6.07, 6.45) is -2.39. The maximum absolute atomic E-state index is 12.4. The Morgan fingerprint density at radius 2 is 1.94 bits per heavy atom. The lowest BCUT2D eigenvalue weighted by Gasteiger charge is -2.18. The standard InChI is InChI=1S/C13H19F2N/c1-13(2,3)9-16-8-10-5-4-6-11(7-10)12(14)15/h4-7,12,16H,8-9H2,1-3H3. The molecule has 0 aliphatic rings. The van der Waals surface area contributed by atoms with Crippen LogP contribution in [0.5, 0.6) is 0 Å². The number of hydrogen-bond donors (Lipinski definition) is 1. The van der Waals surface area contributed by atoms with E-state index >= 15 is 0 Å². The zero-order valence-electron chi connectivity index (χ0n) is 10.1. The first-order chi connectivity index (χ1) is 7.38. The Morgan fingerprint density at radius 3 is 2.50 bits per heavy atom. The summed E-state index contributed by atoms with van der Waals surface area (Å²) in [5.74, 6) is 0. The van der Waals surface area contributed by atoms with Crippen molar-refractivity contribution in [2.45, 2.75) is 33.7 Å². The molecule has 1 aromatic carbocycles. The summed E-state index contributed by atoms with van der Waals surface area (Å²) < 4.78 is 24.9. The molecule has 0 radical (unpaired) electrons. The van der Waals surface area contributed by atoms with E-state index in [4.69, 9.17) is 0 Å². The number of benzene rings is 1. The topological polar surface area (TPSA) is 12.0 Å². The summed E-state index contributed by atoms with van der Waals surface area (Å²) >= 11 is 0. The Labute approximate surface area is 95.9 Å². The molecule has 0 saturated carbocycles. The van der Waals surface area contributed by atoms with Crippen LogP contribution in [0.4, 0.5) is 8.78 Å². The van der Waals surface area contributed by atoms with Gasteiger partial charge in [-0.05, 0) is 17.0 Å². The normalized spacial score (nSPS) is 12.1. The Morgan fingerprint density at radius 1 is 1.25 bits per heavy atom. The molecule has 0 aliphatic heterocycles. The van der Waals surface area contributed by atoms with Crippen LogP contribution in [0.3, 0.4) is 0 Å². The largest absolute Gasteiger partial charge is 0.312 e. The van der Waals surface area contributed by atoms with E-state index in [9.17, 15) is 8.78 Å². The predicted molar refractivity (Wildman–Crippen MR) is 62.6 cm³/mol. The van der Waals surface area contributed by atoms with Crippen LogP contribution in [0, 0.1) is 5.41 Å². The molecule has 0 bridgehead atoms. The van der Waals surface area contributed by atoms with Gasteiger partial charge >= 0.3 is 0 Å². The van der Waals surface area contributed by atoms with Gasteiger partial charge in [0, 0.05) is 18.7 Å². The van der Waals surface area contributed by atoms with Crippen molar-refractivity contribution in [2.75, 3.05) is 6.54 Å². The third kappa shape index (κ3) is 4.71. The highest BCUT2D eigenvalue weighted by atomic mass is 19.3. The first-order valence-electron chi connectivity index (χ1n) is 5.46. The van der Waals surface area contributed by atoms with Crippen molar-refractivity contribution in [3.05, 3.63) is 35.4 Å². The van der Waals surface area contributed by atoms with Gasteiger partial charge in [0.05, 0.1) is 0 Å². The Balaban J connectivity index is 2.51. The Bertz CT molecular complexity index is 329. The Hall–Kier alpha value is -0.960. The molecule has 0 saturated heterocycles. The highest BCUT2D eigenvalue weighted by molar-refractivity contribution is 5.24. The minimum absolute atomic E-state index is 0.0926. The van der Waals surface area contributed by atoms with Gasteiger partial charge in [0.15, 0.2) is 0 Å². The number of nitrogens with one attached hydrogen (secondary N) is 1. The molecule has 0 amide bonds.